The Labute approximate surface area is 208 Å². The number of rotatable bonds is 7. The number of benzene rings is 2. The van der Waals surface area contributed by atoms with Crippen LogP contribution in [0.1, 0.15) is 5.56 Å². The van der Waals surface area contributed by atoms with Crippen molar-refractivity contribution in [1.82, 2.24) is 9.80 Å². The highest BCUT2D eigenvalue weighted by atomic mass is 32.2. The minimum absolute atomic E-state index is 0.193. The summed E-state index contributed by atoms with van der Waals surface area (Å²) in [6.45, 7) is 2.15. The maximum absolute atomic E-state index is 13.0. The lowest BCUT2D eigenvalue weighted by atomic mass is 10.1. The largest absolute Gasteiger partial charge is 0.496 e. The lowest BCUT2D eigenvalue weighted by molar-refractivity contribution is -0.136. The van der Waals surface area contributed by atoms with Crippen LogP contribution >= 0.6 is 11.8 Å². The summed E-state index contributed by atoms with van der Waals surface area (Å²) in [7, 11) is 4.51. The van der Waals surface area contributed by atoms with E-state index in [1.54, 1.807) is 23.1 Å². The zero-order chi connectivity index (χ0) is 24.9. The summed E-state index contributed by atoms with van der Waals surface area (Å²) in [6.07, 6.45) is 1.55. The highest BCUT2D eigenvalue weighted by molar-refractivity contribution is 8.18. The zero-order valence-corrected chi connectivity index (χ0v) is 20.7. The Morgan fingerprint density at radius 1 is 0.943 bits per heavy atom. The van der Waals surface area contributed by atoms with Gasteiger partial charge < -0.3 is 24.0 Å². The third-order valence-corrected chi connectivity index (χ3v) is 6.86. The van der Waals surface area contributed by atoms with Gasteiger partial charge in [-0.05, 0) is 30.0 Å². The van der Waals surface area contributed by atoms with E-state index in [0.717, 1.165) is 22.3 Å². The Bertz CT molecular complexity index is 1120. The first-order valence-electron chi connectivity index (χ1n) is 11.1. The van der Waals surface area contributed by atoms with Gasteiger partial charge in [-0.2, -0.15) is 0 Å². The van der Waals surface area contributed by atoms with Crippen molar-refractivity contribution in [2.75, 3.05) is 59.0 Å². The molecular formula is C25H27N3O6S. The molecule has 2 aromatic carbocycles. The lowest BCUT2D eigenvalue weighted by Gasteiger charge is -2.36. The van der Waals surface area contributed by atoms with Crippen molar-refractivity contribution in [3.05, 3.63) is 52.9 Å². The first-order valence-corrected chi connectivity index (χ1v) is 11.9. The average molecular weight is 498 g/mol. The molecule has 2 aliphatic rings. The predicted octanol–water partition coefficient (Wildman–Crippen LogP) is 3.10. The minimum atomic E-state index is -0.517. The molecule has 184 valence electrons. The van der Waals surface area contributed by atoms with Crippen LogP contribution in [0.3, 0.4) is 0 Å². The van der Waals surface area contributed by atoms with Gasteiger partial charge in [0.1, 0.15) is 23.8 Å². The molecule has 0 radical (unpaired) electrons. The lowest BCUT2D eigenvalue weighted by Crippen LogP contribution is -2.51. The van der Waals surface area contributed by atoms with Crippen LogP contribution in [0.4, 0.5) is 10.5 Å². The molecular weight excluding hydrogens is 470 g/mol. The number of imide groups is 1. The zero-order valence-electron chi connectivity index (χ0n) is 19.9. The number of thioether (sulfide) groups is 1. The smallest absolute Gasteiger partial charge is 0.294 e. The van der Waals surface area contributed by atoms with Crippen molar-refractivity contribution in [3.63, 3.8) is 0 Å². The third-order valence-electron chi connectivity index (χ3n) is 5.95. The van der Waals surface area contributed by atoms with Gasteiger partial charge in [-0.25, -0.2) is 0 Å². The van der Waals surface area contributed by atoms with Crippen LogP contribution in [0, 0.1) is 0 Å². The van der Waals surface area contributed by atoms with E-state index in [-0.39, 0.29) is 17.4 Å². The SMILES string of the molecule is COc1cc(OC)c(C=C2SC(=O)N(CC(=O)N3CCN(c4ccccc4)CC3)C2=O)c(OC)c1. The highest BCUT2D eigenvalue weighted by Crippen LogP contribution is 2.39. The second-order valence-electron chi connectivity index (χ2n) is 7.92. The average Bonchev–Trinajstić information content (AvgIpc) is 3.16. The first kappa shape index (κ1) is 24.5. The van der Waals surface area contributed by atoms with Crippen LogP contribution in [0.2, 0.25) is 0 Å². The Balaban J connectivity index is 1.44. The molecule has 35 heavy (non-hydrogen) atoms. The molecule has 4 rings (SSSR count). The second kappa shape index (κ2) is 10.7. The van der Waals surface area contributed by atoms with Gasteiger partial charge in [-0.1, -0.05) is 18.2 Å². The van der Waals surface area contributed by atoms with Crippen LogP contribution in [0.5, 0.6) is 17.2 Å². The molecule has 2 aromatic rings. The number of ether oxygens (including phenoxy) is 3. The number of anilines is 1. The molecule has 0 atom stereocenters. The standard InChI is InChI=1S/C25H27N3O6S/c1-32-18-13-20(33-2)19(21(14-18)34-3)15-22-24(30)28(25(31)35-22)16-23(29)27-11-9-26(10-12-27)17-7-5-4-6-8-17/h4-8,13-15H,9-12,16H2,1-3H3. The Hall–Kier alpha value is -3.66. The summed E-state index contributed by atoms with van der Waals surface area (Å²) >= 11 is 0.788. The van der Waals surface area contributed by atoms with Gasteiger partial charge >= 0.3 is 0 Å². The first-order chi connectivity index (χ1) is 16.9. The summed E-state index contributed by atoms with van der Waals surface area (Å²) < 4.78 is 16.1. The number of piperazine rings is 1. The maximum atomic E-state index is 13.0. The number of hydrogen-bond donors (Lipinski definition) is 0. The van der Waals surface area contributed by atoms with Crippen molar-refractivity contribution in [3.8, 4) is 17.2 Å². The van der Waals surface area contributed by atoms with Gasteiger partial charge in [0.25, 0.3) is 11.1 Å². The number of carbonyl (C=O) groups is 3. The monoisotopic (exact) mass is 497 g/mol. The van der Waals surface area contributed by atoms with E-state index in [1.165, 1.54) is 21.3 Å². The summed E-state index contributed by atoms with van der Waals surface area (Å²) in [4.78, 5) is 43.6. The normalized spacial score (nSPS) is 17.2. The van der Waals surface area contributed by atoms with E-state index in [2.05, 4.69) is 4.90 Å². The van der Waals surface area contributed by atoms with Crippen LogP contribution in [0.15, 0.2) is 47.4 Å². The fourth-order valence-corrected chi connectivity index (χ4v) is 4.85. The van der Waals surface area contributed by atoms with Gasteiger partial charge in [0.15, 0.2) is 0 Å². The summed E-state index contributed by atoms with van der Waals surface area (Å²) in [5.74, 6) is 0.625. The van der Waals surface area contributed by atoms with Crippen molar-refractivity contribution in [2.45, 2.75) is 0 Å². The Morgan fingerprint density at radius 2 is 1.57 bits per heavy atom. The molecule has 9 nitrogen and oxygen atoms in total. The number of para-hydroxylation sites is 1. The number of methoxy groups -OCH3 is 3. The molecule has 2 heterocycles. The van der Waals surface area contributed by atoms with Crippen LogP contribution in [-0.2, 0) is 9.59 Å². The summed E-state index contributed by atoms with van der Waals surface area (Å²) in [5.41, 5.74) is 1.62. The summed E-state index contributed by atoms with van der Waals surface area (Å²) in [6, 6.07) is 13.3. The highest BCUT2D eigenvalue weighted by Gasteiger charge is 2.38. The van der Waals surface area contributed by atoms with E-state index < -0.39 is 11.1 Å². The van der Waals surface area contributed by atoms with Crippen molar-refractivity contribution in [1.29, 1.82) is 0 Å². The molecule has 2 saturated heterocycles. The van der Waals surface area contributed by atoms with Crippen molar-refractivity contribution >= 4 is 40.6 Å². The molecule has 0 aliphatic carbocycles. The Morgan fingerprint density at radius 3 is 2.14 bits per heavy atom. The molecule has 3 amide bonds. The molecule has 0 unspecified atom stereocenters. The van der Waals surface area contributed by atoms with Gasteiger partial charge in [-0.15, -0.1) is 0 Å². The van der Waals surface area contributed by atoms with Gasteiger partial charge in [-0.3, -0.25) is 19.3 Å². The molecule has 0 saturated carbocycles. The second-order valence-corrected chi connectivity index (χ2v) is 8.91. The summed E-state index contributed by atoms with van der Waals surface area (Å²) in [5, 5.41) is -0.482. The van der Waals surface area contributed by atoms with E-state index >= 15 is 0 Å². The van der Waals surface area contributed by atoms with Crippen LogP contribution in [-0.4, -0.2) is 80.9 Å². The number of hydrogen-bond acceptors (Lipinski definition) is 8. The van der Waals surface area contributed by atoms with Gasteiger partial charge in [0, 0.05) is 44.0 Å². The molecule has 10 heteroatoms. The predicted molar refractivity (Wildman–Crippen MR) is 134 cm³/mol. The fraction of sp³-hybridized carbons (Fsp3) is 0.320. The topological polar surface area (TPSA) is 88.6 Å². The van der Waals surface area contributed by atoms with Crippen LogP contribution in [0.25, 0.3) is 6.08 Å². The van der Waals surface area contributed by atoms with Gasteiger partial charge in [0.2, 0.25) is 5.91 Å². The number of carbonyl (C=O) groups excluding carboxylic acids is 3. The van der Waals surface area contributed by atoms with Crippen molar-refractivity contribution < 1.29 is 28.6 Å². The van der Waals surface area contributed by atoms with Crippen LogP contribution < -0.4 is 19.1 Å². The van der Waals surface area contributed by atoms with Crippen molar-refractivity contribution in [2.24, 2.45) is 0 Å². The molecule has 0 N–H and O–H groups in total. The number of nitrogens with zero attached hydrogens (tertiary/aromatic N) is 3. The quantitative estimate of drug-likeness (QED) is 0.540. The third kappa shape index (κ3) is 5.22. The molecule has 2 aliphatic heterocycles. The van der Waals surface area contributed by atoms with E-state index in [0.29, 0.717) is 49.0 Å². The van der Waals surface area contributed by atoms with E-state index in [9.17, 15) is 14.4 Å². The fourth-order valence-electron chi connectivity index (χ4n) is 4.03. The van der Waals surface area contributed by atoms with Gasteiger partial charge in [0.05, 0.1) is 31.8 Å². The molecule has 0 spiro atoms. The molecule has 0 bridgehead atoms. The van der Waals surface area contributed by atoms with E-state index in [1.807, 2.05) is 30.3 Å². The maximum Gasteiger partial charge on any atom is 0.294 e. The molecule has 2 fully saturated rings. The van der Waals surface area contributed by atoms with E-state index in [4.69, 9.17) is 14.2 Å². The Kier molecular flexibility index (Phi) is 7.50. The molecule has 0 aromatic heterocycles. The number of amides is 3. The minimum Gasteiger partial charge on any atom is -0.496 e.